The van der Waals surface area contributed by atoms with E-state index in [4.69, 9.17) is 0 Å². The summed E-state index contributed by atoms with van der Waals surface area (Å²) in [5.41, 5.74) is 1.51. The largest absolute Gasteiger partial charge is 0.389 e. The lowest BCUT2D eigenvalue weighted by atomic mass is 9.47. The van der Waals surface area contributed by atoms with Crippen LogP contribution < -0.4 is 0 Å². The van der Waals surface area contributed by atoms with Crippen LogP contribution in [0.1, 0.15) is 26.7 Å². The minimum absolute atomic E-state index is 0.202. The monoisotopic (exact) mass is 152 g/mol. The summed E-state index contributed by atoms with van der Waals surface area (Å²) in [5, 5.41) is 9.51. The molecule has 0 amide bonds. The van der Waals surface area contributed by atoms with Gasteiger partial charge in [-0.05, 0) is 35.7 Å². The lowest BCUT2D eigenvalue weighted by Crippen LogP contribution is -2.53. The molecule has 2 bridgehead atoms. The van der Waals surface area contributed by atoms with Crippen molar-refractivity contribution in [2.45, 2.75) is 32.8 Å². The maximum absolute atomic E-state index is 9.51. The zero-order valence-electron chi connectivity index (χ0n) is 7.30. The average molecular weight is 152 g/mol. The van der Waals surface area contributed by atoms with Gasteiger partial charge in [-0.2, -0.15) is 0 Å². The molecule has 3 rings (SSSR count). The Bertz CT molecular complexity index is 205. The fourth-order valence-electron chi connectivity index (χ4n) is 2.70. The second kappa shape index (κ2) is 1.89. The molecule has 1 heteroatoms. The van der Waals surface area contributed by atoms with E-state index in [2.05, 4.69) is 20.4 Å². The van der Waals surface area contributed by atoms with E-state index in [1.165, 1.54) is 6.42 Å². The zero-order chi connectivity index (χ0) is 8.22. The van der Waals surface area contributed by atoms with Crippen molar-refractivity contribution in [1.82, 2.24) is 0 Å². The van der Waals surface area contributed by atoms with Gasteiger partial charge in [0.1, 0.15) is 0 Å². The first-order chi connectivity index (χ1) is 5.03. The number of aliphatic hydroxyl groups excluding tert-OH is 1. The van der Waals surface area contributed by atoms with E-state index in [1.807, 2.05) is 0 Å². The molecule has 0 aliphatic heterocycles. The van der Waals surface area contributed by atoms with Crippen LogP contribution in [0.4, 0.5) is 0 Å². The summed E-state index contributed by atoms with van der Waals surface area (Å²) in [5.74, 6) is 1.34. The van der Waals surface area contributed by atoms with Gasteiger partial charge in [-0.1, -0.05) is 20.4 Å². The van der Waals surface area contributed by atoms with E-state index >= 15 is 0 Å². The smallest absolute Gasteiger partial charge is 0.0753 e. The van der Waals surface area contributed by atoms with Gasteiger partial charge in [-0.3, -0.25) is 0 Å². The van der Waals surface area contributed by atoms with Gasteiger partial charge in [0.25, 0.3) is 0 Å². The Morgan fingerprint density at radius 3 is 2.45 bits per heavy atom. The van der Waals surface area contributed by atoms with Gasteiger partial charge < -0.3 is 5.11 Å². The van der Waals surface area contributed by atoms with Crippen LogP contribution in [0.3, 0.4) is 0 Å². The van der Waals surface area contributed by atoms with Gasteiger partial charge in [0.15, 0.2) is 0 Å². The van der Waals surface area contributed by atoms with Crippen molar-refractivity contribution in [3.05, 3.63) is 12.2 Å². The van der Waals surface area contributed by atoms with Crippen LogP contribution in [0, 0.1) is 17.3 Å². The van der Waals surface area contributed by atoms with E-state index in [9.17, 15) is 5.11 Å². The van der Waals surface area contributed by atoms with Crippen molar-refractivity contribution in [3.63, 3.8) is 0 Å². The third kappa shape index (κ3) is 0.750. The van der Waals surface area contributed by atoms with E-state index < -0.39 is 0 Å². The molecule has 0 aromatic heterocycles. The summed E-state index contributed by atoms with van der Waals surface area (Å²) in [6.07, 6.45) is 2.01. The summed E-state index contributed by atoms with van der Waals surface area (Å²) in [4.78, 5) is 0. The molecular formula is C10H16O. The van der Waals surface area contributed by atoms with Crippen molar-refractivity contribution in [1.29, 1.82) is 0 Å². The Kier molecular flexibility index (Phi) is 1.26. The maximum Gasteiger partial charge on any atom is 0.0753 e. The Morgan fingerprint density at radius 2 is 2.09 bits per heavy atom. The van der Waals surface area contributed by atoms with Crippen molar-refractivity contribution in [2.24, 2.45) is 17.3 Å². The van der Waals surface area contributed by atoms with Gasteiger partial charge >= 0.3 is 0 Å². The Morgan fingerprint density at radius 1 is 1.45 bits per heavy atom. The summed E-state index contributed by atoms with van der Waals surface area (Å²) in [6.45, 7) is 8.55. The van der Waals surface area contributed by atoms with Crippen molar-refractivity contribution >= 4 is 0 Å². The topological polar surface area (TPSA) is 20.2 Å². The number of aliphatic hydroxyl groups is 1. The number of hydrogen-bond donors (Lipinski definition) is 1. The molecule has 0 saturated heterocycles. The van der Waals surface area contributed by atoms with E-state index in [1.54, 1.807) is 0 Å². The molecule has 0 aromatic rings. The molecule has 1 nitrogen and oxygen atoms in total. The lowest BCUT2D eigenvalue weighted by molar-refractivity contribution is -0.0705. The Hall–Kier alpha value is -0.300. The summed E-state index contributed by atoms with van der Waals surface area (Å²) < 4.78 is 0. The van der Waals surface area contributed by atoms with Crippen LogP contribution in [0.5, 0.6) is 0 Å². The normalized spacial score (nSPS) is 46.8. The number of hydrogen-bond acceptors (Lipinski definition) is 1. The fraction of sp³-hybridized carbons (Fsp3) is 0.800. The molecule has 1 N–H and O–H groups in total. The Labute approximate surface area is 68.1 Å². The van der Waals surface area contributed by atoms with Crippen LogP contribution in [0.15, 0.2) is 12.2 Å². The number of fused-ring (bicyclic) bond motifs is 2. The molecule has 0 aromatic carbocycles. The molecule has 62 valence electrons. The van der Waals surface area contributed by atoms with Gasteiger partial charge in [0.2, 0.25) is 0 Å². The first-order valence-electron chi connectivity index (χ1n) is 4.40. The molecule has 3 fully saturated rings. The third-order valence-corrected chi connectivity index (χ3v) is 3.85. The maximum atomic E-state index is 9.51. The predicted octanol–water partition coefficient (Wildman–Crippen LogP) is 1.97. The lowest BCUT2D eigenvalue weighted by Gasteiger charge is -2.59. The van der Waals surface area contributed by atoms with Crippen LogP contribution >= 0.6 is 0 Å². The SMILES string of the molecule is C=C1[C@H](O)C[C@H]2C[C@@H]1C2(C)C. The second-order valence-corrected chi connectivity index (χ2v) is 4.63. The van der Waals surface area contributed by atoms with Crippen molar-refractivity contribution < 1.29 is 5.11 Å². The minimum atomic E-state index is -0.202. The van der Waals surface area contributed by atoms with Crippen LogP contribution in [0.25, 0.3) is 0 Å². The highest BCUT2D eigenvalue weighted by molar-refractivity contribution is 5.22. The quantitative estimate of drug-likeness (QED) is 0.526. The third-order valence-electron chi connectivity index (χ3n) is 3.85. The molecule has 0 spiro atoms. The Balaban J connectivity index is 2.23. The standard InChI is InChI=1S/C10H16O/c1-6-8-4-7(5-9(6)11)10(8,2)3/h7-9,11H,1,4-5H2,2-3H3/t7-,8+,9-/m1/s1. The molecule has 0 unspecified atom stereocenters. The van der Waals surface area contributed by atoms with E-state index in [0.29, 0.717) is 11.3 Å². The van der Waals surface area contributed by atoms with Gasteiger partial charge in [0, 0.05) is 0 Å². The predicted molar refractivity (Wildman–Crippen MR) is 45.1 cm³/mol. The van der Waals surface area contributed by atoms with Gasteiger partial charge in [-0.15, -0.1) is 0 Å². The first-order valence-corrected chi connectivity index (χ1v) is 4.40. The van der Waals surface area contributed by atoms with Gasteiger partial charge in [-0.25, -0.2) is 0 Å². The highest BCUT2D eigenvalue weighted by atomic mass is 16.3. The summed E-state index contributed by atoms with van der Waals surface area (Å²) in [7, 11) is 0. The molecule has 3 aliphatic carbocycles. The minimum Gasteiger partial charge on any atom is -0.389 e. The highest BCUT2D eigenvalue weighted by Crippen LogP contribution is 2.60. The second-order valence-electron chi connectivity index (χ2n) is 4.63. The molecule has 11 heavy (non-hydrogen) atoms. The summed E-state index contributed by atoms with van der Waals surface area (Å²) >= 11 is 0. The molecule has 0 heterocycles. The first kappa shape index (κ1) is 7.35. The van der Waals surface area contributed by atoms with Crippen molar-refractivity contribution in [3.8, 4) is 0 Å². The number of rotatable bonds is 0. The summed E-state index contributed by atoms with van der Waals surface area (Å²) in [6, 6.07) is 0. The molecule has 3 atom stereocenters. The van der Waals surface area contributed by atoms with Crippen LogP contribution in [0.2, 0.25) is 0 Å². The highest BCUT2D eigenvalue weighted by Gasteiger charge is 2.54. The van der Waals surface area contributed by atoms with E-state index in [0.717, 1.165) is 17.9 Å². The fourth-order valence-corrected chi connectivity index (χ4v) is 2.70. The van der Waals surface area contributed by atoms with Crippen LogP contribution in [-0.4, -0.2) is 11.2 Å². The molecular weight excluding hydrogens is 136 g/mol. The van der Waals surface area contributed by atoms with Crippen LogP contribution in [-0.2, 0) is 0 Å². The van der Waals surface area contributed by atoms with Gasteiger partial charge in [0.05, 0.1) is 6.10 Å². The zero-order valence-corrected chi connectivity index (χ0v) is 7.30. The average Bonchev–Trinajstić information content (AvgIpc) is 1.93. The molecule has 3 aliphatic rings. The molecule has 3 saturated carbocycles. The molecule has 0 radical (unpaired) electrons. The van der Waals surface area contributed by atoms with Crippen molar-refractivity contribution in [2.75, 3.05) is 0 Å². The van der Waals surface area contributed by atoms with E-state index in [-0.39, 0.29) is 6.10 Å².